The number of phenols is 2. The van der Waals surface area contributed by atoms with E-state index in [2.05, 4.69) is 0 Å². The molecule has 2 aromatic rings. The number of ether oxygens (including phenoxy) is 2. The summed E-state index contributed by atoms with van der Waals surface area (Å²) < 4.78 is 10.5. The quantitative estimate of drug-likeness (QED) is 0.751. The number of hydrogen-bond donors (Lipinski definition) is 2. The molecule has 2 aliphatic heterocycles. The highest BCUT2D eigenvalue weighted by Gasteiger charge is 2.36. The average molecular weight is 406 g/mol. The van der Waals surface area contributed by atoms with Crippen molar-refractivity contribution >= 4 is 40.6 Å². The molecule has 4 rings (SSSR count). The number of carbonyl (C=O) groups excluding carboxylic acids is 2. The van der Waals surface area contributed by atoms with Crippen molar-refractivity contribution in [2.75, 3.05) is 6.79 Å². The van der Waals surface area contributed by atoms with Gasteiger partial charge in [0.15, 0.2) is 11.5 Å². The Morgan fingerprint density at radius 3 is 2.63 bits per heavy atom. The fourth-order valence-electron chi connectivity index (χ4n) is 2.68. The summed E-state index contributed by atoms with van der Waals surface area (Å²) in [4.78, 5) is 26.2. The lowest BCUT2D eigenvalue weighted by molar-refractivity contribution is -0.123. The van der Waals surface area contributed by atoms with E-state index >= 15 is 0 Å². The number of aromatic hydroxyl groups is 2. The van der Waals surface area contributed by atoms with Crippen molar-refractivity contribution in [1.29, 1.82) is 0 Å². The summed E-state index contributed by atoms with van der Waals surface area (Å²) in [5.74, 6) is 0.230. The number of benzene rings is 2. The smallest absolute Gasteiger partial charge is 0.293 e. The molecule has 2 aliphatic rings. The van der Waals surface area contributed by atoms with Gasteiger partial charge in [0.2, 0.25) is 6.79 Å². The Morgan fingerprint density at radius 1 is 1.15 bits per heavy atom. The first-order valence-electron chi connectivity index (χ1n) is 7.78. The molecule has 0 bridgehead atoms. The summed E-state index contributed by atoms with van der Waals surface area (Å²) >= 11 is 6.99. The molecule has 0 saturated carbocycles. The van der Waals surface area contributed by atoms with Crippen LogP contribution >= 0.6 is 23.4 Å². The van der Waals surface area contributed by atoms with E-state index in [1.165, 1.54) is 18.2 Å². The molecule has 2 heterocycles. The summed E-state index contributed by atoms with van der Waals surface area (Å²) in [6, 6.07) is 7.21. The van der Waals surface area contributed by atoms with Crippen molar-refractivity contribution in [3.8, 4) is 23.0 Å². The second-order valence-electron chi connectivity index (χ2n) is 5.81. The van der Waals surface area contributed by atoms with Gasteiger partial charge in [-0.25, -0.2) is 0 Å². The molecule has 0 aromatic heterocycles. The Kier molecular flexibility index (Phi) is 4.37. The minimum atomic E-state index is -0.494. The van der Waals surface area contributed by atoms with E-state index in [0.717, 1.165) is 22.7 Å². The van der Waals surface area contributed by atoms with Gasteiger partial charge in [-0.15, -0.1) is 0 Å². The van der Waals surface area contributed by atoms with E-state index in [0.29, 0.717) is 27.6 Å². The predicted molar refractivity (Wildman–Crippen MR) is 98.9 cm³/mol. The topological polar surface area (TPSA) is 96.3 Å². The van der Waals surface area contributed by atoms with Crippen LogP contribution in [-0.4, -0.2) is 33.1 Å². The number of phenolic OH excluding ortho intramolecular Hbond substituents is 2. The number of nitrogens with zero attached hydrogens (tertiary/aromatic N) is 1. The monoisotopic (exact) mass is 405 g/mol. The molecular weight excluding hydrogens is 394 g/mol. The lowest BCUT2D eigenvalue weighted by atomic mass is 10.1. The molecule has 2 N–H and O–H groups in total. The summed E-state index contributed by atoms with van der Waals surface area (Å²) in [5, 5.41) is 19.1. The van der Waals surface area contributed by atoms with Gasteiger partial charge in [-0.3, -0.25) is 14.5 Å². The second-order valence-corrected chi connectivity index (χ2v) is 7.21. The molecule has 0 atom stereocenters. The summed E-state index contributed by atoms with van der Waals surface area (Å²) in [6.07, 6.45) is 1.40. The maximum atomic E-state index is 12.6. The zero-order chi connectivity index (χ0) is 19.1. The van der Waals surface area contributed by atoms with Crippen LogP contribution in [0.25, 0.3) is 6.08 Å². The van der Waals surface area contributed by atoms with Crippen molar-refractivity contribution in [3.05, 3.63) is 51.4 Å². The van der Waals surface area contributed by atoms with Crippen LogP contribution < -0.4 is 9.47 Å². The zero-order valence-corrected chi connectivity index (χ0v) is 15.2. The zero-order valence-electron chi connectivity index (χ0n) is 13.6. The first kappa shape index (κ1) is 17.6. The highest BCUT2D eigenvalue weighted by molar-refractivity contribution is 8.18. The molecule has 0 unspecified atom stereocenters. The molecule has 2 aromatic carbocycles. The Bertz CT molecular complexity index is 1010. The molecule has 7 nitrogen and oxygen atoms in total. The van der Waals surface area contributed by atoms with Gasteiger partial charge in [0, 0.05) is 22.7 Å². The van der Waals surface area contributed by atoms with Crippen LogP contribution in [0.5, 0.6) is 23.0 Å². The third-order valence-electron chi connectivity index (χ3n) is 4.04. The summed E-state index contributed by atoms with van der Waals surface area (Å²) in [6.45, 7) is 0.0780. The minimum Gasteiger partial charge on any atom is -0.508 e. The largest absolute Gasteiger partial charge is 0.508 e. The predicted octanol–water partition coefficient (Wildman–Crippen LogP) is 3.72. The van der Waals surface area contributed by atoms with E-state index < -0.39 is 11.1 Å². The van der Waals surface area contributed by atoms with Crippen molar-refractivity contribution in [1.82, 2.24) is 4.90 Å². The van der Waals surface area contributed by atoms with Crippen LogP contribution in [0.4, 0.5) is 4.79 Å². The van der Waals surface area contributed by atoms with Gasteiger partial charge in [-0.1, -0.05) is 11.6 Å². The number of amides is 2. The van der Waals surface area contributed by atoms with Crippen LogP contribution in [0.15, 0.2) is 35.2 Å². The number of carbonyl (C=O) groups is 2. The average Bonchev–Trinajstić information content (AvgIpc) is 3.16. The molecule has 1 saturated heterocycles. The number of hydrogen-bond acceptors (Lipinski definition) is 7. The summed E-state index contributed by atoms with van der Waals surface area (Å²) in [5.41, 5.74) is 0.872. The molecule has 2 amide bonds. The lowest BCUT2D eigenvalue weighted by Gasteiger charge is -2.14. The molecular formula is C18H12ClNO6S. The van der Waals surface area contributed by atoms with Crippen molar-refractivity contribution in [2.45, 2.75) is 6.54 Å². The highest BCUT2D eigenvalue weighted by atomic mass is 35.5. The number of thioether (sulfide) groups is 1. The fourth-order valence-corrected chi connectivity index (χ4v) is 3.73. The van der Waals surface area contributed by atoms with E-state index in [1.807, 2.05) is 0 Å². The molecule has 9 heteroatoms. The Balaban J connectivity index is 1.59. The van der Waals surface area contributed by atoms with E-state index in [1.54, 1.807) is 12.1 Å². The van der Waals surface area contributed by atoms with Crippen LogP contribution in [0.1, 0.15) is 11.1 Å². The third kappa shape index (κ3) is 3.29. The van der Waals surface area contributed by atoms with Gasteiger partial charge in [-0.05, 0) is 41.6 Å². The molecule has 138 valence electrons. The van der Waals surface area contributed by atoms with Gasteiger partial charge >= 0.3 is 0 Å². The maximum absolute atomic E-state index is 12.6. The van der Waals surface area contributed by atoms with Gasteiger partial charge < -0.3 is 19.7 Å². The second kappa shape index (κ2) is 6.71. The molecule has 27 heavy (non-hydrogen) atoms. The van der Waals surface area contributed by atoms with Crippen LogP contribution in [0, 0.1) is 0 Å². The Morgan fingerprint density at radius 2 is 1.89 bits per heavy atom. The van der Waals surface area contributed by atoms with Gasteiger partial charge in [0.1, 0.15) is 11.5 Å². The normalized spacial score (nSPS) is 17.2. The van der Waals surface area contributed by atoms with E-state index in [9.17, 15) is 19.8 Å². The number of halogens is 1. The standard InChI is InChI=1S/C18H12ClNO6S/c19-12-6-15-14(25-8-26-15)3-10(12)7-20-17(23)16(27-18(20)24)4-9-1-2-11(21)5-13(9)22/h1-6,21-22H,7-8H2/b16-4-. The lowest BCUT2D eigenvalue weighted by Crippen LogP contribution is -2.27. The fraction of sp³-hybridized carbons (Fsp3) is 0.111. The Hall–Kier alpha value is -2.84. The minimum absolute atomic E-state index is 0.0148. The van der Waals surface area contributed by atoms with E-state index in [4.69, 9.17) is 21.1 Å². The molecule has 0 aliphatic carbocycles. The van der Waals surface area contributed by atoms with Gasteiger partial charge in [0.25, 0.3) is 11.1 Å². The number of rotatable bonds is 3. The maximum Gasteiger partial charge on any atom is 0.293 e. The molecule has 0 spiro atoms. The third-order valence-corrected chi connectivity index (χ3v) is 5.30. The SMILES string of the molecule is O=C1S/C(=C\c2ccc(O)cc2O)C(=O)N1Cc1cc2c(cc1Cl)OCO2. The van der Waals surface area contributed by atoms with Crippen LogP contribution in [0.2, 0.25) is 5.02 Å². The number of imide groups is 1. The van der Waals surface area contributed by atoms with Crippen molar-refractivity contribution < 1.29 is 29.3 Å². The van der Waals surface area contributed by atoms with E-state index in [-0.39, 0.29) is 29.7 Å². The molecule has 1 fully saturated rings. The first-order valence-corrected chi connectivity index (χ1v) is 8.97. The first-order chi connectivity index (χ1) is 12.9. The highest BCUT2D eigenvalue weighted by Crippen LogP contribution is 2.39. The summed E-state index contributed by atoms with van der Waals surface area (Å²) in [7, 11) is 0. The van der Waals surface area contributed by atoms with Crippen LogP contribution in [0.3, 0.4) is 0 Å². The Labute approximate surface area is 162 Å². The van der Waals surface area contributed by atoms with Crippen molar-refractivity contribution in [3.63, 3.8) is 0 Å². The van der Waals surface area contributed by atoms with Gasteiger partial charge in [0.05, 0.1) is 11.4 Å². The van der Waals surface area contributed by atoms with Gasteiger partial charge in [-0.2, -0.15) is 0 Å². The molecule has 0 radical (unpaired) electrons. The number of fused-ring (bicyclic) bond motifs is 1. The van der Waals surface area contributed by atoms with Crippen molar-refractivity contribution in [2.24, 2.45) is 0 Å². The van der Waals surface area contributed by atoms with Crippen LogP contribution in [-0.2, 0) is 11.3 Å².